The van der Waals surface area contributed by atoms with Gasteiger partial charge in [0.2, 0.25) is 0 Å². The maximum atomic E-state index is 10.9. The van der Waals surface area contributed by atoms with Gasteiger partial charge in [0.05, 0.1) is 19.6 Å². The lowest BCUT2D eigenvalue weighted by molar-refractivity contribution is -0.140. The van der Waals surface area contributed by atoms with Gasteiger partial charge in [-0.3, -0.25) is 4.79 Å². The number of methoxy groups -OCH3 is 1. The Morgan fingerprint density at radius 1 is 1.43 bits per heavy atom. The van der Waals surface area contributed by atoms with Crippen molar-refractivity contribution in [2.45, 2.75) is 18.6 Å². The minimum atomic E-state index is -0.214. The lowest BCUT2D eigenvalue weighted by Gasteiger charge is -1.95. The Kier molecular flexibility index (Phi) is 2.50. The lowest BCUT2D eigenvalue weighted by atomic mass is 10.1. The SMILES string of the molecule is COC(=O)C[C@H]1O[C@@H]1c1ccccc1. The van der Waals surface area contributed by atoms with Crippen molar-refractivity contribution in [2.75, 3.05) is 7.11 Å². The van der Waals surface area contributed by atoms with Gasteiger partial charge in [0.15, 0.2) is 0 Å². The van der Waals surface area contributed by atoms with Gasteiger partial charge in [-0.25, -0.2) is 0 Å². The van der Waals surface area contributed by atoms with Crippen molar-refractivity contribution in [3.8, 4) is 0 Å². The molecule has 14 heavy (non-hydrogen) atoms. The van der Waals surface area contributed by atoms with E-state index in [4.69, 9.17) is 4.74 Å². The molecule has 1 aliphatic heterocycles. The van der Waals surface area contributed by atoms with Crippen LogP contribution in [0.15, 0.2) is 30.3 Å². The van der Waals surface area contributed by atoms with Gasteiger partial charge < -0.3 is 9.47 Å². The highest BCUT2D eigenvalue weighted by molar-refractivity contribution is 5.70. The predicted octanol–water partition coefficient (Wildman–Crippen LogP) is 1.69. The second kappa shape index (κ2) is 3.80. The van der Waals surface area contributed by atoms with Crippen LogP contribution in [0.1, 0.15) is 18.1 Å². The van der Waals surface area contributed by atoms with E-state index in [9.17, 15) is 4.79 Å². The van der Waals surface area contributed by atoms with Gasteiger partial charge in [0.25, 0.3) is 0 Å². The molecule has 3 heteroatoms. The molecule has 1 fully saturated rings. The summed E-state index contributed by atoms with van der Waals surface area (Å²) in [5.41, 5.74) is 1.13. The highest BCUT2D eigenvalue weighted by atomic mass is 16.6. The van der Waals surface area contributed by atoms with Crippen LogP contribution in [0.3, 0.4) is 0 Å². The molecule has 0 amide bonds. The van der Waals surface area contributed by atoms with Crippen LogP contribution in [-0.4, -0.2) is 19.2 Å². The number of hydrogen-bond acceptors (Lipinski definition) is 3. The van der Waals surface area contributed by atoms with E-state index < -0.39 is 0 Å². The molecule has 0 spiro atoms. The summed E-state index contributed by atoms with van der Waals surface area (Å²) in [4.78, 5) is 10.9. The maximum Gasteiger partial charge on any atom is 0.308 e. The second-order valence-electron chi connectivity index (χ2n) is 3.29. The van der Waals surface area contributed by atoms with Crippen molar-refractivity contribution in [2.24, 2.45) is 0 Å². The van der Waals surface area contributed by atoms with Crippen molar-refractivity contribution < 1.29 is 14.3 Å². The Morgan fingerprint density at radius 3 is 2.79 bits per heavy atom. The largest absolute Gasteiger partial charge is 0.469 e. The Morgan fingerprint density at radius 2 is 2.14 bits per heavy atom. The van der Waals surface area contributed by atoms with Gasteiger partial charge >= 0.3 is 5.97 Å². The zero-order valence-electron chi connectivity index (χ0n) is 7.97. The monoisotopic (exact) mass is 192 g/mol. The van der Waals surface area contributed by atoms with E-state index in [0.29, 0.717) is 6.42 Å². The molecule has 0 aromatic heterocycles. The number of benzene rings is 1. The van der Waals surface area contributed by atoms with Crippen LogP contribution < -0.4 is 0 Å². The molecule has 0 unspecified atom stereocenters. The molecule has 74 valence electrons. The van der Waals surface area contributed by atoms with Crippen LogP contribution in [-0.2, 0) is 14.3 Å². The fraction of sp³-hybridized carbons (Fsp3) is 0.364. The normalized spacial score (nSPS) is 24.4. The summed E-state index contributed by atoms with van der Waals surface area (Å²) in [6.07, 6.45) is 0.427. The molecule has 0 saturated carbocycles. The van der Waals surface area contributed by atoms with Gasteiger partial charge in [-0.05, 0) is 5.56 Å². The third kappa shape index (κ3) is 1.93. The molecule has 0 radical (unpaired) electrons. The van der Waals surface area contributed by atoms with Gasteiger partial charge in [-0.2, -0.15) is 0 Å². The minimum Gasteiger partial charge on any atom is -0.469 e. The first kappa shape index (κ1) is 9.21. The number of esters is 1. The molecular weight excluding hydrogens is 180 g/mol. The van der Waals surface area contributed by atoms with Gasteiger partial charge in [-0.15, -0.1) is 0 Å². The number of hydrogen-bond donors (Lipinski definition) is 0. The van der Waals surface area contributed by atoms with Crippen molar-refractivity contribution in [1.29, 1.82) is 0 Å². The van der Waals surface area contributed by atoms with Crippen LogP contribution in [0, 0.1) is 0 Å². The number of rotatable bonds is 3. The summed E-state index contributed by atoms with van der Waals surface area (Å²) >= 11 is 0. The highest BCUT2D eigenvalue weighted by Gasteiger charge is 2.41. The average Bonchev–Trinajstić information content (AvgIpc) is 2.98. The summed E-state index contributed by atoms with van der Waals surface area (Å²) in [5.74, 6) is -0.214. The fourth-order valence-corrected chi connectivity index (χ4v) is 1.48. The molecule has 1 aromatic rings. The summed E-state index contributed by atoms with van der Waals surface area (Å²) < 4.78 is 9.94. The lowest BCUT2D eigenvalue weighted by Crippen LogP contribution is -2.04. The molecule has 2 atom stereocenters. The molecule has 0 N–H and O–H groups in total. The van der Waals surface area contributed by atoms with E-state index >= 15 is 0 Å². The first-order valence-electron chi connectivity index (χ1n) is 4.58. The summed E-state index contributed by atoms with van der Waals surface area (Å²) in [5, 5.41) is 0. The molecule has 0 aliphatic carbocycles. The van der Waals surface area contributed by atoms with Gasteiger partial charge in [0.1, 0.15) is 6.10 Å². The topological polar surface area (TPSA) is 38.8 Å². The Balaban J connectivity index is 1.91. The van der Waals surface area contributed by atoms with Crippen molar-refractivity contribution in [1.82, 2.24) is 0 Å². The number of carbonyl (C=O) groups is 1. The van der Waals surface area contributed by atoms with Crippen LogP contribution in [0.5, 0.6) is 0 Å². The van der Waals surface area contributed by atoms with Crippen molar-refractivity contribution in [3.05, 3.63) is 35.9 Å². The summed E-state index contributed by atoms with van der Waals surface area (Å²) in [6, 6.07) is 9.89. The average molecular weight is 192 g/mol. The third-order valence-electron chi connectivity index (χ3n) is 2.31. The number of epoxide rings is 1. The summed E-state index contributed by atoms with van der Waals surface area (Å²) in [7, 11) is 1.39. The molecule has 1 heterocycles. The van der Waals surface area contributed by atoms with E-state index in [1.54, 1.807) is 0 Å². The zero-order valence-corrected chi connectivity index (χ0v) is 7.97. The van der Waals surface area contributed by atoms with Crippen molar-refractivity contribution in [3.63, 3.8) is 0 Å². The zero-order chi connectivity index (χ0) is 9.97. The van der Waals surface area contributed by atoms with E-state index in [2.05, 4.69) is 4.74 Å². The first-order chi connectivity index (χ1) is 6.81. The molecule has 1 saturated heterocycles. The Labute approximate surface area is 82.6 Å². The van der Waals surface area contributed by atoms with Crippen LogP contribution in [0.2, 0.25) is 0 Å². The standard InChI is InChI=1S/C11H12O3/c1-13-10(12)7-9-11(14-9)8-5-3-2-4-6-8/h2-6,9,11H,7H2,1H3/t9-,11-/m1/s1. The number of ether oxygens (including phenoxy) is 2. The smallest absolute Gasteiger partial charge is 0.308 e. The molecular formula is C11H12O3. The maximum absolute atomic E-state index is 10.9. The highest BCUT2D eigenvalue weighted by Crippen LogP contribution is 2.40. The molecule has 2 rings (SSSR count). The van der Waals surface area contributed by atoms with E-state index in [1.807, 2.05) is 30.3 Å². The minimum absolute atomic E-state index is 0.00449. The first-order valence-corrected chi connectivity index (χ1v) is 4.58. The number of carbonyl (C=O) groups excluding carboxylic acids is 1. The van der Waals surface area contributed by atoms with E-state index in [0.717, 1.165) is 5.56 Å². The molecule has 1 aromatic carbocycles. The Hall–Kier alpha value is -1.35. The second-order valence-corrected chi connectivity index (χ2v) is 3.29. The molecule has 0 bridgehead atoms. The van der Waals surface area contributed by atoms with E-state index in [1.165, 1.54) is 7.11 Å². The quantitative estimate of drug-likeness (QED) is 0.540. The van der Waals surface area contributed by atoms with E-state index in [-0.39, 0.29) is 18.2 Å². The third-order valence-corrected chi connectivity index (χ3v) is 2.31. The predicted molar refractivity (Wildman–Crippen MR) is 50.7 cm³/mol. The molecule has 3 nitrogen and oxygen atoms in total. The Bertz CT molecular complexity index is 321. The molecule has 1 aliphatic rings. The van der Waals surface area contributed by atoms with Gasteiger partial charge in [0, 0.05) is 0 Å². The fourth-order valence-electron chi connectivity index (χ4n) is 1.48. The van der Waals surface area contributed by atoms with Crippen LogP contribution in [0.4, 0.5) is 0 Å². The van der Waals surface area contributed by atoms with Crippen LogP contribution >= 0.6 is 0 Å². The van der Waals surface area contributed by atoms with Crippen molar-refractivity contribution >= 4 is 5.97 Å². The van der Waals surface area contributed by atoms with Gasteiger partial charge in [-0.1, -0.05) is 30.3 Å². The summed E-state index contributed by atoms with van der Waals surface area (Å²) in [6.45, 7) is 0. The van der Waals surface area contributed by atoms with Crippen LogP contribution in [0.25, 0.3) is 0 Å².